The van der Waals surface area contributed by atoms with Gasteiger partial charge in [0, 0.05) is 63.9 Å². The van der Waals surface area contributed by atoms with Crippen LogP contribution >= 0.6 is 0 Å². The van der Waals surface area contributed by atoms with E-state index in [0.29, 0.717) is 51.7 Å². The highest BCUT2D eigenvalue weighted by molar-refractivity contribution is 7.88. The van der Waals surface area contributed by atoms with Crippen molar-refractivity contribution in [2.24, 2.45) is 11.3 Å². The summed E-state index contributed by atoms with van der Waals surface area (Å²) in [6.07, 6.45) is 5.36. The number of ether oxygens (including phenoxy) is 2. The molecule has 0 aromatic carbocycles. The fourth-order valence-electron chi connectivity index (χ4n) is 5.71. The van der Waals surface area contributed by atoms with E-state index in [1.165, 1.54) is 10.6 Å². The quantitative estimate of drug-likeness (QED) is 0.577. The molecule has 12 heteroatoms. The van der Waals surface area contributed by atoms with Gasteiger partial charge in [-0.3, -0.25) is 0 Å². The highest BCUT2D eigenvalue weighted by Crippen LogP contribution is 2.53. The summed E-state index contributed by atoms with van der Waals surface area (Å²) in [5, 5.41) is 9.72. The molecule has 1 aromatic heterocycles. The summed E-state index contributed by atoms with van der Waals surface area (Å²) in [4.78, 5) is 24.6. The summed E-state index contributed by atoms with van der Waals surface area (Å²) >= 11 is 0. The smallest absolute Gasteiger partial charge is 0.407 e. The molecule has 2 saturated heterocycles. The van der Waals surface area contributed by atoms with Gasteiger partial charge in [0.05, 0.1) is 36.8 Å². The van der Waals surface area contributed by atoms with Crippen LogP contribution in [0.25, 0.3) is 0 Å². The van der Waals surface area contributed by atoms with Crippen molar-refractivity contribution < 1.29 is 27.8 Å². The van der Waals surface area contributed by atoms with Gasteiger partial charge in [-0.05, 0) is 24.7 Å². The fourth-order valence-corrected chi connectivity index (χ4v) is 6.50. The summed E-state index contributed by atoms with van der Waals surface area (Å²) in [7, 11) is -1.55. The lowest BCUT2D eigenvalue weighted by molar-refractivity contribution is -0.101. The number of sulfonamides is 1. The zero-order valence-corrected chi connectivity index (χ0v) is 21.4. The third-order valence-electron chi connectivity index (χ3n) is 8.16. The number of piperidine rings is 1. The van der Waals surface area contributed by atoms with Crippen LogP contribution in [0.15, 0.2) is 6.20 Å². The normalized spacial score (nSPS) is 28.9. The SMILES string of the molecule is CO[C@H]1C(C2(C)CC2)N(C(=O)O)CC[C@H]1COC1CN(c2ncc3c(n2)CCN(S(C)(=O)=O)C3)C1. The summed E-state index contributed by atoms with van der Waals surface area (Å²) in [5.74, 6) is 0.813. The minimum Gasteiger partial charge on any atom is -0.465 e. The first-order chi connectivity index (χ1) is 16.6. The second-order valence-electron chi connectivity index (χ2n) is 10.7. The number of amides is 1. The van der Waals surface area contributed by atoms with Gasteiger partial charge >= 0.3 is 6.09 Å². The van der Waals surface area contributed by atoms with Gasteiger partial charge < -0.3 is 24.4 Å². The maximum Gasteiger partial charge on any atom is 0.407 e. The third kappa shape index (κ3) is 4.85. The van der Waals surface area contributed by atoms with Crippen molar-refractivity contribution in [3.05, 3.63) is 17.5 Å². The topological polar surface area (TPSA) is 125 Å². The highest BCUT2D eigenvalue weighted by atomic mass is 32.2. The van der Waals surface area contributed by atoms with Crippen molar-refractivity contribution in [2.75, 3.05) is 51.1 Å². The maximum atomic E-state index is 11.8. The minimum absolute atomic E-state index is 0.00681. The molecule has 1 amide bonds. The van der Waals surface area contributed by atoms with E-state index in [4.69, 9.17) is 9.47 Å². The standard InChI is InChI=1S/C23H35N5O6S/c1-23(6-7-23)20-19(33-2)15(4-9-28(20)22(29)30)14-34-17-12-26(13-17)21-24-10-16-11-27(35(3,31)32)8-5-18(16)25-21/h10,15,17,19-20H,4-9,11-14H2,1-3H3,(H,29,30)/t15-,19+,20?/m0/s1. The van der Waals surface area contributed by atoms with Crippen molar-refractivity contribution in [1.82, 2.24) is 19.2 Å². The predicted molar refractivity (Wildman–Crippen MR) is 128 cm³/mol. The van der Waals surface area contributed by atoms with Gasteiger partial charge in [-0.25, -0.2) is 23.2 Å². The molecule has 0 spiro atoms. The number of carboxylic acid groups (broad SMARTS) is 1. The zero-order valence-electron chi connectivity index (χ0n) is 20.6. The molecule has 1 N–H and O–H groups in total. The monoisotopic (exact) mass is 509 g/mol. The second-order valence-corrected chi connectivity index (χ2v) is 12.7. The van der Waals surface area contributed by atoms with Crippen LogP contribution < -0.4 is 4.90 Å². The van der Waals surface area contributed by atoms with Crippen LogP contribution in [0.3, 0.4) is 0 Å². The Morgan fingerprint density at radius 3 is 2.66 bits per heavy atom. The highest BCUT2D eigenvalue weighted by Gasteiger charge is 2.55. The number of likely N-dealkylation sites (tertiary alicyclic amines) is 1. The number of anilines is 1. The predicted octanol–water partition coefficient (Wildman–Crippen LogP) is 1.18. The number of hydrogen-bond donors (Lipinski definition) is 1. The number of carbonyl (C=O) groups is 1. The molecule has 0 radical (unpaired) electrons. The summed E-state index contributed by atoms with van der Waals surface area (Å²) < 4.78 is 37.2. The largest absolute Gasteiger partial charge is 0.465 e. The summed E-state index contributed by atoms with van der Waals surface area (Å²) in [6, 6.07) is -0.132. The van der Waals surface area contributed by atoms with Crippen LogP contribution in [-0.4, -0.2) is 103 Å². The van der Waals surface area contributed by atoms with Gasteiger partial charge in [-0.15, -0.1) is 0 Å². The summed E-state index contributed by atoms with van der Waals surface area (Å²) in [6.45, 7) is 5.37. The lowest BCUT2D eigenvalue weighted by atomic mass is 9.80. The van der Waals surface area contributed by atoms with Crippen LogP contribution in [-0.2, 0) is 32.5 Å². The Hall–Kier alpha value is -2.02. The Kier molecular flexibility index (Phi) is 6.43. The Labute approximate surface area is 206 Å². The molecule has 1 unspecified atom stereocenters. The Morgan fingerprint density at radius 2 is 2.03 bits per heavy atom. The molecule has 194 valence electrons. The lowest BCUT2D eigenvalue weighted by Gasteiger charge is -2.47. The molecule has 4 heterocycles. The molecule has 3 fully saturated rings. The van der Waals surface area contributed by atoms with Gasteiger partial charge in [0.15, 0.2) is 0 Å². The Morgan fingerprint density at radius 1 is 1.29 bits per heavy atom. The van der Waals surface area contributed by atoms with E-state index in [0.717, 1.165) is 30.5 Å². The van der Waals surface area contributed by atoms with Gasteiger partial charge in [0.2, 0.25) is 16.0 Å². The average Bonchev–Trinajstić information content (AvgIpc) is 3.54. The van der Waals surface area contributed by atoms with Gasteiger partial charge in [0.25, 0.3) is 0 Å². The molecule has 0 bridgehead atoms. The third-order valence-corrected chi connectivity index (χ3v) is 9.40. The minimum atomic E-state index is -3.22. The van der Waals surface area contributed by atoms with E-state index in [1.54, 1.807) is 18.2 Å². The summed E-state index contributed by atoms with van der Waals surface area (Å²) in [5.41, 5.74) is 1.76. The van der Waals surface area contributed by atoms with Crippen molar-refractivity contribution in [3.63, 3.8) is 0 Å². The number of methoxy groups -OCH3 is 1. The van der Waals surface area contributed by atoms with Crippen molar-refractivity contribution >= 4 is 22.1 Å². The number of fused-ring (bicyclic) bond motifs is 1. The Bertz CT molecular complexity index is 1070. The molecule has 35 heavy (non-hydrogen) atoms. The van der Waals surface area contributed by atoms with Crippen LogP contribution in [0.4, 0.5) is 10.7 Å². The number of hydrogen-bond acceptors (Lipinski definition) is 8. The van der Waals surface area contributed by atoms with E-state index < -0.39 is 16.1 Å². The maximum absolute atomic E-state index is 11.8. The molecule has 11 nitrogen and oxygen atoms in total. The van der Waals surface area contributed by atoms with Crippen LogP contribution in [0.2, 0.25) is 0 Å². The lowest BCUT2D eigenvalue weighted by Crippen LogP contribution is -2.60. The molecule has 5 rings (SSSR count). The number of nitrogens with zero attached hydrogens (tertiary/aromatic N) is 5. The molecule has 1 aliphatic carbocycles. The molecule has 1 saturated carbocycles. The molecule has 3 atom stereocenters. The van der Waals surface area contributed by atoms with Crippen LogP contribution in [0.5, 0.6) is 0 Å². The zero-order chi connectivity index (χ0) is 25.0. The second kappa shape index (κ2) is 9.13. The van der Waals surface area contributed by atoms with E-state index >= 15 is 0 Å². The number of rotatable bonds is 7. The van der Waals surface area contributed by atoms with E-state index in [1.807, 2.05) is 0 Å². The molecular formula is C23H35N5O6S. The molecule has 1 aromatic rings. The molecule has 4 aliphatic rings. The molecular weight excluding hydrogens is 474 g/mol. The molecule has 3 aliphatic heterocycles. The van der Waals surface area contributed by atoms with Crippen molar-refractivity contribution in [3.8, 4) is 0 Å². The first-order valence-corrected chi connectivity index (χ1v) is 14.1. The fraction of sp³-hybridized carbons (Fsp3) is 0.783. The van der Waals surface area contributed by atoms with E-state index in [-0.39, 0.29) is 29.6 Å². The van der Waals surface area contributed by atoms with E-state index in [9.17, 15) is 18.3 Å². The van der Waals surface area contributed by atoms with Crippen molar-refractivity contribution in [2.45, 2.75) is 57.4 Å². The Balaban J connectivity index is 1.15. The van der Waals surface area contributed by atoms with E-state index in [2.05, 4.69) is 21.8 Å². The van der Waals surface area contributed by atoms with Gasteiger partial charge in [-0.1, -0.05) is 6.92 Å². The van der Waals surface area contributed by atoms with Crippen LogP contribution in [0, 0.1) is 11.3 Å². The van der Waals surface area contributed by atoms with Crippen LogP contribution in [0.1, 0.15) is 37.4 Å². The van der Waals surface area contributed by atoms with Crippen molar-refractivity contribution in [1.29, 1.82) is 0 Å². The first kappa shape index (κ1) is 24.7. The number of aromatic nitrogens is 2. The first-order valence-electron chi connectivity index (χ1n) is 12.3. The average molecular weight is 510 g/mol. The van der Waals surface area contributed by atoms with Gasteiger partial charge in [0.1, 0.15) is 0 Å². The van der Waals surface area contributed by atoms with Gasteiger partial charge in [-0.2, -0.15) is 4.31 Å².